The van der Waals surface area contributed by atoms with Gasteiger partial charge in [-0.1, -0.05) is 41.9 Å². The average Bonchev–Trinajstić information content (AvgIpc) is 2.59. The molecule has 0 aliphatic carbocycles. The van der Waals surface area contributed by atoms with E-state index in [0.717, 1.165) is 11.1 Å². The van der Waals surface area contributed by atoms with Gasteiger partial charge in [-0.15, -0.1) is 0 Å². The minimum atomic E-state index is -0.633. The van der Waals surface area contributed by atoms with E-state index < -0.39 is 6.04 Å². The van der Waals surface area contributed by atoms with Crippen molar-refractivity contribution in [3.8, 4) is 0 Å². The van der Waals surface area contributed by atoms with Gasteiger partial charge in [0.25, 0.3) is 0 Å². The van der Waals surface area contributed by atoms with E-state index in [4.69, 9.17) is 11.6 Å². The Kier molecular flexibility index (Phi) is 5.02. The van der Waals surface area contributed by atoms with Gasteiger partial charge < -0.3 is 10.2 Å². The first-order chi connectivity index (χ1) is 10.0. The molecule has 1 aliphatic rings. The predicted molar refractivity (Wildman–Crippen MR) is 82.7 cm³/mol. The second-order valence-corrected chi connectivity index (χ2v) is 5.60. The minimum absolute atomic E-state index is 0.0996. The minimum Gasteiger partial charge on any atom is -0.340 e. The van der Waals surface area contributed by atoms with Crippen molar-refractivity contribution < 1.29 is 9.59 Å². The zero-order chi connectivity index (χ0) is 15.4. The summed E-state index contributed by atoms with van der Waals surface area (Å²) in [7, 11) is 0. The molecule has 1 aliphatic heterocycles. The summed E-state index contributed by atoms with van der Waals surface area (Å²) in [5, 5.41) is 2.81. The first-order valence-electron chi connectivity index (χ1n) is 6.93. The Morgan fingerprint density at radius 2 is 2.05 bits per heavy atom. The molecule has 0 radical (unpaired) electrons. The van der Waals surface area contributed by atoms with E-state index in [2.05, 4.69) is 5.32 Å². The fourth-order valence-corrected chi connectivity index (χ4v) is 2.52. The van der Waals surface area contributed by atoms with Gasteiger partial charge in [0, 0.05) is 24.5 Å². The summed E-state index contributed by atoms with van der Waals surface area (Å²) in [5.74, 6) is -0.211. The molecule has 1 saturated heterocycles. The van der Waals surface area contributed by atoms with Gasteiger partial charge in [-0.2, -0.15) is 0 Å². The monoisotopic (exact) mass is 306 g/mol. The second-order valence-electron chi connectivity index (χ2n) is 5.39. The fourth-order valence-electron chi connectivity index (χ4n) is 2.45. The van der Waals surface area contributed by atoms with Crippen LogP contribution >= 0.6 is 11.6 Å². The van der Waals surface area contributed by atoms with Crippen molar-refractivity contribution in [2.24, 2.45) is 0 Å². The molecule has 0 spiro atoms. The molecule has 1 N–H and O–H groups in total. The molecule has 2 rings (SSSR count). The highest BCUT2D eigenvalue weighted by molar-refractivity contribution is 6.25. The number of nitrogens with one attached hydrogen (secondary N) is 1. The summed E-state index contributed by atoms with van der Waals surface area (Å²) < 4.78 is 0. The van der Waals surface area contributed by atoms with E-state index in [1.54, 1.807) is 4.90 Å². The van der Waals surface area contributed by atoms with E-state index in [9.17, 15) is 9.59 Å². The average molecular weight is 307 g/mol. The van der Waals surface area contributed by atoms with Crippen LogP contribution in [0, 0.1) is 0 Å². The van der Waals surface area contributed by atoms with E-state index >= 15 is 0 Å². The lowest BCUT2D eigenvalue weighted by Gasteiger charge is -2.29. The first kappa shape index (κ1) is 15.6. The first-order valence-corrected chi connectivity index (χ1v) is 7.37. The van der Waals surface area contributed by atoms with E-state index in [1.165, 1.54) is 5.54 Å². The van der Waals surface area contributed by atoms with Crippen molar-refractivity contribution in [3.05, 3.63) is 47.0 Å². The molecule has 1 aromatic carbocycles. The van der Waals surface area contributed by atoms with Crippen molar-refractivity contribution in [2.45, 2.75) is 32.4 Å². The molecular weight excluding hydrogens is 288 g/mol. The maximum atomic E-state index is 12.8. The van der Waals surface area contributed by atoms with Crippen LogP contribution in [0.4, 0.5) is 0 Å². The third kappa shape index (κ3) is 3.64. The standard InChI is InChI=1S/C16H19ClN2O2/c1-11(9-17)10-19-12(2)8-14(20)18-15(16(19)21)13-6-4-3-5-7-13/h3-7,9,12,15H,8,10H2,1-2H3,(H,18,20)/b11-9+. The van der Waals surface area contributed by atoms with Crippen molar-refractivity contribution in [1.29, 1.82) is 0 Å². The van der Waals surface area contributed by atoms with Gasteiger partial charge in [0.15, 0.2) is 0 Å². The zero-order valence-corrected chi connectivity index (χ0v) is 12.9. The van der Waals surface area contributed by atoms with Crippen molar-refractivity contribution >= 4 is 23.4 Å². The summed E-state index contributed by atoms with van der Waals surface area (Å²) >= 11 is 5.71. The molecular formula is C16H19ClN2O2. The molecule has 2 atom stereocenters. The molecule has 0 saturated carbocycles. The SMILES string of the molecule is C/C(=C\Cl)CN1C(=O)C(c2ccccc2)NC(=O)CC1C. The number of hydrogen-bond donors (Lipinski definition) is 1. The number of carbonyl (C=O) groups is 2. The Labute approximate surface area is 129 Å². The molecule has 5 heteroatoms. The molecule has 1 fully saturated rings. The predicted octanol–water partition coefficient (Wildman–Crippen LogP) is 2.61. The molecule has 21 heavy (non-hydrogen) atoms. The van der Waals surface area contributed by atoms with Crippen LogP contribution in [0.15, 0.2) is 41.4 Å². The van der Waals surface area contributed by atoms with Crippen LogP contribution in [0.3, 0.4) is 0 Å². The van der Waals surface area contributed by atoms with Crippen molar-refractivity contribution in [2.75, 3.05) is 6.54 Å². The number of halogens is 1. The molecule has 0 aromatic heterocycles. The summed E-state index contributed by atoms with van der Waals surface area (Å²) in [4.78, 5) is 26.5. The molecule has 1 heterocycles. The molecule has 2 amide bonds. The van der Waals surface area contributed by atoms with E-state index in [-0.39, 0.29) is 17.9 Å². The molecule has 112 valence electrons. The number of benzene rings is 1. The number of rotatable bonds is 3. The highest BCUT2D eigenvalue weighted by Crippen LogP contribution is 2.22. The van der Waals surface area contributed by atoms with Crippen LogP contribution in [0.2, 0.25) is 0 Å². The number of nitrogens with zero attached hydrogens (tertiary/aromatic N) is 1. The Balaban J connectivity index is 2.33. The highest BCUT2D eigenvalue weighted by Gasteiger charge is 2.34. The summed E-state index contributed by atoms with van der Waals surface area (Å²) in [6, 6.07) is 8.51. The quantitative estimate of drug-likeness (QED) is 0.933. The zero-order valence-electron chi connectivity index (χ0n) is 12.2. The van der Waals surface area contributed by atoms with Gasteiger partial charge in [-0.05, 0) is 25.0 Å². The number of carbonyl (C=O) groups excluding carboxylic acids is 2. The van der Waals surface area contributed by atoms with Crippen LogP contribution in [-0.4, -0.2) is 29.3 Å². The number of hydrogen-bond acceptors (Lipinski definition) is 2. The van der Waals surface area contributed by atoms with Crippen molar-refractivity contribution in [3.63, 3.8) is 0 Å². The smallest absolute Gasteiger partial charge is 0.250 e. The maximum absolute atomic E-state index is 12.8. The maximum Gasteiger partial charge on any atom is 0.250 e. The van der Waals surface area contributed by atoms with Crippen LogP contribution in [0.25, 0.3) is 0 Å². The van der Waals surface area contributed by atoms with Gasteiger partial charge in [0.1, 0.15) is 6.04 Å². The lowest BCUT2D eigenvalue weighted by Crippen LogP contribution is -2.42. The molecule has 1 aromatic rings. The number of amides is 2. The van der Waals surface area contributed by atoms with Gasteiger partial charge >= 0.3 is 0 Å². The Hall–Kier alpha value is -1.81. The van der Waals surface area contributed by atoms with Crippen molar-refractivity contribution in [1.82, 2.24) is 10.2 Å². The van der Waals surface area contributed by atoms with Crippen LogP contribution < -0.4 is 5.32 Å². The topological polar surface area (TPSA) is 49.4 Å². The summed E-state index contributed by atoms with van der Waals surface area (Å²) in [6.45, 7) is 4.18. The largest absolute Gasteiger partial charge is 0.340 e. The van der Waals surface area contributed by atoms with E-state index in [0.29, 0.717) is 13.0 Å². The molecule has 4 nitrogen and oxygen atoms in total. The lowest BCUT2D eigenvalue weighted by atomic mass is 10.1. The van der Waals surface area contributed by atoms with Crippen LogP contribution in [0.1, 0.15) is 31.9 Å². The van der Waals surface area contributed by atoms with Crippen LogP contribution in [-0.2, 0) is 9.59 Å². The Morgan fingerprint density at radius 3 is 2.67 bits per heavy atom. The fraction of sp³-hybridized carbons (Fsp3) is 0.375. The second kappa shape index (κ2) is 6.76. The van der Waals surface area contributed by atoms with E-state index in [1.807, 2.05) is 44.2 Å². The van der Waals surface area contributed by atoms with Gasteiger partial charge in [-0.3, -0.25) is 9.59 Å². The van der Waals surface area contributed by atoms with Gasteiger partial charge in [-0.25, -0.2) is 0 Å². The lowest BCUT2D eigenvalue weighted by molar-refractivity contribution is -0.134. The summed E-state index contributed by atoms with van der Waals surface area (Å²) in [5.41, 5.74) is 3.15. The molecule has 2 unspecified atom stereocenters. The van der Waals surface area contributed by atoms with Crippen LogP contribution in [0.5, 0.6) is 0 Å². The Morgan fingerprint density at radius 1 is 1.38 bits per heavy atom. The Bertz CT molecular complexity index is 557. The highest BCUT2D eigenvalue weighted by atomic mass is 35.5. The summed E-state index contributed by atoms with van der Waals surface area (Å²) in [6.07, 6.45) is 0.296. The normalized spacial score (nSPS) is 23.8. The third-order valence-corrected chi connectivity index (χ3v) is 3.96. The molecule has 0 bridgehead atoms. The third-order valence-electron chi connectivity index (χ3n) is 3.59. The van der Waals surface area contributed by atoms with Gasteiger partial charge in [0.05, 0.1) is 0 Å². The van der Waals surface area contributed by atoms with Gasteiger partial charge in [0.2, 0.25) is 11.8 Å².